The van der Waals surface area contributed by atoms with Gasteiger partial charge in [-0.1, -0.05) is 47.7 Å². The van der Waals surface area contributed by atoms with Crippen LogP contribution in [-0.4, -0.2) is 24.4 Å². The molecular weight excluding hydrogens is 306 g/mol. The minimum atomic E-state index is -0.233. The highest BCUT2D eigenvalue weighted by molar-refractivity contribution is 5.72. The molecule has 2 atom stereocenters. The smallest absolute Gasteiger partial charge is 0.265 e. The van der Waals surface area contributed by atoms with E-state index in [1.54, 1.807) is 9.36 Å². The standard InChI is InChI=1S/C17H15N5O2/c23-16-14-15(20(19-18-14)10-11-4-2-1-3-5-11)17(24)22-13-8-6-12(7-9-13)21(16)22/h1-6,8,12-13H,7,9-10H2. The Morgan fingerprint density at radius 1 is 0.958 bits per heavy atom. The number of aromatic nitrogens is 5. The van der Waals surface area contributed by atoms with E-state index in [4.69, 9.17) is 0 Å². The molecule has 6 rings (SSSR count). The fraction of sp³-hybridized carbons (Fsp3) is 0.294. The molecular formula is C17H15N5O2. The molecule has 0 spiro atoms. The summed E-state index contributed by atoms with van der Waals surface area (Å²) < 4.78 is 4.68. The van der Waals surface area contributed by atoms with Gasteiger partial charge in [0.2, 0.25) is 0 Å². The number of allylic oxidation sites excluding steroid dienone is 2. The number of fused-ring (bicyclic) bond motifs is 2. The third kappa shape index (κ3) is 1.72. The Labute approximate surface area is 136 Å². The van der Waals surface area contributed by atoms with E-state index in [2.05, 4.69) is 10.3 Å². The van der Waals surface area contributed by atoms with Crippen LogP contribution in [0.1, 0.15) is 30.5 Å². The van der Waals surface area contributed by atoms with E-state index in [9.17, 15) is 9.59 Å². The third-order valence-corrected chi connectivity index (χ3v) is 4.91. The van der Waals surface area contributed by atoms with Crippen LogP contribution < -0.4 is 11.1 Å². The van der Waals surface area contributed by atoms with Crippen LogP contribution in [0.2, 0.25) is 0 Å². The molecule has 7 heteroatoms. The quantitative estimate of drug-likeness (QED) is 0.666. The summed E-state index contributed by atoms with van der Waals surface area (Å²) in [6.07, 6.45) is 5.79. The first-order valence-electron chi connectivity index (χ1n) is 8.07. The van der Waals surface area contributed by atoms with E-state index in [1.165, 1.54) is 4.68 Å². The second-order valence-corrected chi connectivity index (χ2v) is 6.33. The van der Waals surface area contributed by atoms with E-state index < -0.39 is 0 Å². The highest BCUT2D eigenvalue weighted by Gasteiger charge is 2.32. The molecule has 4 heterocycles. The fourth-order valence-corrected chi connectivity index (χ4v) is 3.77. The molecule has 0 N–H and O–H groups in total. The van der Waals surface area contributed by atoms with Gasteiger partial charge in [-0.15, -0.1) is 5.10 Å². The second kappa shape index (κ2) is 4.77. The van der Waals surface area contributed by atoms with E-state index in [0.717, 1.165) is 18.4 Å². The van der Waals surface area contributed by atoms with Gasteiger partial charge >= 0.3 is 0 Å². The van der Waals surface area contributed by atoms with Gasteiger partial charge in [0, 0.05) is 0 Å². The van der Waals surface area contributed by atoms with Crippen molar-refractivity contribution in [2.75, 3.05) is 0 Å². The molecule has 3 aliphatic rings. The van der Waals surface area contributed by atoms with Crippen molar-refractivity contribution < 1.29 is 0 Å². The first-order valence-corrected chi connectivity index (χ1v) is 8.07. The molecule has 7 nitrogen and oxygen atoms in total. The molecule has 120 valence electrons. The predicted molar refractivity (Wildman–Crippen MR) is 88.0 cm³/mol. The average Bonchev–Trinajstić information content (AvgIpc) is 3.05. The Morgan fingerprint density at radius 3 is 2.29 bits per heavy atom. The molecule has 2 bridgehead atoms. The van der Waals surface area contributed by atoms with E-state index in [0.29, 0.717) is 12.1 Å². The highest BCUT2D eigenvalue weighted by Crippen LogP contribution is 2.33. The van der Waals surface area contributed by atoms with Crippen molar-refractivity contribution >= 4 is 11.0 Å². The third-order valence-electron chi connectivity index (χ3n) is 4.91. The van der Waals surface area contributed by atoms with Gasteiger partial charge in [0.15, 0.2) is 11.0 Å². The zero-order valence-electron chi connectivity index (χ0n) is 12.9. The maximum Gasteiger partial charge on any atom is 0.296 e. The largest absolute Gasteiger partial charge is 0.296 e. The molecule has 0 fully saturated rings. The lowest BCUT2D eigenvalue weighted by molar-refractivity contribution is 0.248. The zero-order valence-corrected chi connectivity index (χ0v) is 12.9. The molecule has 1 aromatic carbocycles. The molecule has 0 saturated carbocycles. The molecule has 0 saturated heterocycles. The van der Waals surface area contributed by atoms with Crippen molar-refractivity contribution in [3.8, 4) is 0 Å². The molecule has 24 heavy (non-hydrogen) atoms. The summed E-state index contributed by atoms with van der Waals surface area (Å²) in [7, 11) is 0. The summed E-state index contributed by atoms with van der Waals surface area (Å²) in [5.41, 5.74) is 1.04. The summed E-state index contributed by atoms with van der Waals surface area (Å²) >= 11 is 0. The average molecular weight is 321 g/mol. The van der Waals surface area contributed by atoms with Crippen LogP contribution in [0.4, 0.5) is 0 Å². The van der Waals surface area contributed by atoms with Gasteiger partial charge in [0.1, 0.15) is 0 Å². The topological polar surface area (TPSA) is 74.7 Å². The van der Waals surface area contributed by atoms with Crippen LogP contribution in [0.25, 0.3) is 11.0 Å². The molecule has 1 aliphatic carbocycles. The lowest BCUT2D eigenvalue weighted by atomic mass is 9.96. The van der Waals surface area contributed by atoms with Crippen molar-refractivity contribution in [1.82, 2.24) is 24.4 Å². The number of nitrogens with zero attached hydrogens (tertiary/aromatic N) is 5. The summed E-state index contributed by atoms with van der Waals surface area (Å²) in [4.78, 5) is 25.9. The summed E-state index contributed by atoms with van der Waals surface area (Å²) in [5.74, 6) is 0. The Hall–Kier alpha value is -2.96. The van der Waals surface area contributed by atoms with Gasteiger partial charge in [-0.3, -0.25) is 9.59 Å². The van der Waals surface area contributed by atoms with Crippen molar-refractivity contribution in [3.05, 3.63) is 68.8 Å². The number of hydrogen-bond acceptors (Lipinski definition) is 4. The predicted octanol–water partition coefficient (Wildman–Crippen LogP) is 1.25. The van der Waals surface area contributed by atoms with Gasteiger partial charge < -0.3 is 0 Å². The molecule has 0 amide bonds. The normalized spacial score (nSPS) is 21.3. The van der Waals surface area contributed by atoms with Crippen molar-refractivity contribution in [3.63, 3.8) is 0 Å². The Bertz CT molecular complexity index is 1090. The van der Waals surface area contributed by atoms with E-state index in [1.807, 2.05) is 42.5 Å². The maximum absolute atomic E-state index is 13.1. The summed E-state index contributed by atoms with van der Waals surface area (Å²) in [6.45, 7) is 0.417. The first kappa shape index (κ1) is 13.5. The Balaban J connectivity index is 1.77. The van der Waals surface area contributed by atoms with Crippen molar-refractivity contribution in [1.29, 1.82) is 0 Å². The van der Waals surface area contributed by atoms with Gasteiger partial charge in [-0.2, -0.15) is 0 Å². The highest BCUT2D eigenvalue weighted by atomic mass is 16.2. The van der Waals surface area contributed by atoms with E-state index >= 15 is 0 Å². The van der Waals surface area contributed by atoms with Crippen molar-refractivity contribution in [2.24, 2.45) is 0 Å². The van der Waals surface area contributed by atoms with Crippen molar-refractivity contribution in [2.45, 2.75) is 31.5 Å². The van der Waals surface area contributed by atoms with Gasteiger partial charge in [0.05, 0.1) is 18.6 Å². The lowest BCUT2D eigenvalue weighted by Gasteiger charge is -2.36. The van der Waals surface area contributed by atoms with Gasteiger partial charge in [0.25, 0.3) is 11.1 Å². The summed E-state index contributed by atoms with van der Waals surface area (Å²) in [5, 5.41) is 8.08. The van der Waals surface area contributed by atoms with Crippen LogP contribution in [0.5, 0.6) is 0 Å². The Morgan fingerprint density at radius 2 is 1.62 bits per heavy atom. The maximum atomic E-state index is 13.1. The van der Waals surface area contributed by atoms with E-state index in [-0.39, 0.29) is 28.7 Å². The van der Waals surface area contributed by atoms with Gasteiger partial charge in [-0.05, 0) is 18.4 Å². The minimum Gasteiger partial charge on any atom is -0.265 e. The summed E-state index contributed by atoms with van der Waals surface area (Å²) in [6, 6.07) is 9.61. The van der Waals surface area contributed by atoms with Crippen LogP contribution in [0, 0.1) is 0 Å². The molecule has 0 radical (unpaired) electrons. The van der Waals surface area contributed by atoms with Crippen LogP contribution in [0.15, 0.2) is 52.1 Å². The SMILES string of the molecule is O=c1c2nnn(Cc3ccccc3)c2c(=O)n2n1C1C=CC2CC1. The molecule has 2 unspecified atom stereocenters. The molecule has 3 aromatic rings. The van der Waals surface area contributed by atoms with Crippen LogP contribution in [0.3, 0.4) is 0 Å². The number of rotatable bonds is 2. The second-order valence-electron chi connectivity index (χ2n) is 6.33. The number of hydrogen-bond donors (Lipinski definition) is 0. The Kier molecular flexibility index (Phi) is 2.68. The molecule has 2 aliphatic heterocycles. The van der Waals surface area contributed by atoms with Crippen LogP contribution >= 0.6 is 0 Å². The van der Waals surface area contributed by atoms with Crippen LogP contribution in [-0.2, 0) is 6.54 Å². The number of benzene rings is 1. The first-order chi connectivity index (χ1) is 11.7. The zero-order chi connectivity index (χ0) is 16.3. The van der Waals surface area contributed by atoms with Gasteiger partial charge in [-0.25, -0.2) is 14.0 Å². The lowest BCUT2D eigenvalue weighted by Crippen LogP contribution is -2.47. The monoisotopic (exact) mass is 321 g/mol. The fourth-order valence-electron chi connectivity index (χ4n) is 3.77. The minimum absolute atomic E-state index is 0.0559. The molecule has 2 aromatic heterocycles.